The van der Waals surface area contributed by atoms with E-state index in [4.69, 9.17) is 16.3 Å². The third kappa shape index (κ3) is 4.80. The van der Waals surface area contributed by atoms with Crippen molar-refractivity contribution >= 4 is 28.4 Å². The summed E-state index contributed by atoms with van der Waals surface area (Å²) in [7, 11) is 0. The van der Waals surface area contributed by atoms with Crippen molar-refractivity contribution in [2.24, 2.45) is 0 Å². The van der Waals surface area contributed by atoms with Gasteiger partial charge in [0, 0.05) is 37.7 Å². The number of aromatic nitrogens is 2. The third-order valence-electron chi connectivity index (χ3n) is 5.25. The van der Waals surface area contributed by atoms with E-state index >= 15 is 0 Å². The molecule has 30 heavy (non-hydrogen) atoms. The van der Waals surface area contributed by atoms with Gasteiger partial charge < -0.3 is 9.64 Å². The maximum atomic E-state index is 12.7. The molecule has 8 heteroatoms. The highest BCUT2D eigenvalue weighted by Crippen LogP contribution is 2.15. The van der Waals surface area contributed by atoms with E-state index in [1.807, 2.05) is 18.2 Å². The summed E-state index contributed by atoms with van der Waals surface area (Å²) in [4.78, 5) is 33.6. The molecule has 0 aliphatic carbocycles. The summed E-state index contributed by atoms with van der Waals surface area (Å²) in [6.45, 7) is 4.20. The quantitative estimate of drug-likeness (QED) is 0.605. The predicted molar refractivity (Wildman–Crippen MR) is 116 cm³/mol. The second-order valence-corrected chi connectivity index (χ2v) is 7.66. The number of hydrogen-bond acceptors (Lipinski definition) is 5. The molecule has 0 N–H and O–H groups in total. The number of piperazine rings is 1. The molecule has 0 spiro atoms. The molecule has 0 bridgehead atoms. The first-order chi connectivity index (χ1) is 14.6. The minimum Gasteiger partial charge on any atom is -0.492 e. The molecule has 2 heterocycles. The van der Waals surface area contributed by atoms with Crippen LogP contribution in [0.5, 0.6) is 5.75 Å². The van der Waals surface area contributed by atoms with E-state index in [0.29, 0.717) is 35.6 Å². The Morgan fingerprint density at radius 2 is 1.77 bits per heavy atom. The Bertz CT molecular complexity index is 1080. The van der Waals surface area contributed by atoms with Gasteiger partial charge in [-0.05, 0) is 36.4 Å². The van der Waals surface area contributed by atoms with E-state index < -0.39 is 0 Å². The van der Waals surface area contributed by atoms with Crippen LogP contribution in [0.3, 0.4) is 0 Å². The number of para-hydroxylation sites is 1. The van der Waals surface area contributed by atoms with Gasteiger partial charge in [-0.3, -0.25) is 19.1 Å². The topological polar surface area (TPSA) is 67.7 Å². The summed E-state index contributed by atoms with van der Waals surface area (Å²) in [6.07, 6.45) is 1.45. The van der Waals surface area contributed by atoms with E-state index in [2.05, 4.69) is 9.88 Å². The Labute approximate surface area is 179 Å². The molecule has 4 rings (SSSR count). The zero-order chi connectivity index (χ0) is 20.9. The molecule has 7 nitrogen and oxygen atoms in total. The van der Waals surface area contributed by atoms with Gasteiger partial charge in [-0.1, -0.05) is 23.7 Å². The number of benzene rings is 2. The molecule has 0 saturated carbocycles. The molecule has 1 aromatic heterocycles. The fourth-order valence-corrected chi connectivity index (χ4v) is 3.63. The van der Waals surface area contributed by atoms with Crippen molar-refractivity contribution in [2.45, 2.75) is 6.54 Å². The molecular weight excluding hydrogens is 404 g/mol. The van der Waals surface area contributed by atoms with E-state index in [1.165, 1.54) is 10.9 Å². The first kappa shape index (κ1) is 20.4. The van der Waals surface area contributed by atoms with Crippen LogP contribution in [0, 0.1) is 0 Å². The molecule has 1 aliphatic rings. The monoisotopic (exact) mass is 426 g/mol. The van der Waals surface area contributed by atoms with E-state index in [1.54, 1.807) is 35.2 Å². The van der Waals surface area contributed by atoms with Gasteiger partial charge in [0.05, 0.1) is 17.2 Å². The number of nitrogens with zero attached hydrogens (tertiary/aromatic N) is 4. The zero-order valence-corrected chi connectivity index (χ0v) is 17.3. The van der Waals surface area contributed by atoms with Crippen LogP contribution in [0.1, 0.15) is 0 Å². The predicted octanol–water partition coefficient (Wildman–Crippen LogP) is 2.27. The van der Waals surface area contributed by atoms with Gasteiger partial charge in [0.15, 0.2) is 0 Å². The highest BCUT2D eigenvalue weighted by Gasteiger charge is 2.21. The molecule has 1 saturated heterocycles. The molecule has 1 amide bonds. The summed E-state index contributed by atoms with van der Waals surface area (Å²) in [5, 5.41) is 1.21. The van der Waals surface area contributed by atoms with Crippen LogP contribution < -0.4 is 10.3 Å². The number of halogens is 1. The fourth-order valence-electron chi connectivity index (χ4n) is 3.51. The average molecular weight is 427 g/mol. The first-order valence-corrected chi connectivity index (χ1v) is 10.3. The van der Waals surface area contributed by atoms with Crippen LogP contribution in [0.4, 0.5) is 0 Å². The number of amides is 1. The molecule has 1 aliphatic heterocycles. The highest BCUT2D eigenvalue weighted by atomic mass is 35.5. The van der Waals surface area contributed by atoms with E-state index in [9.17, 15) is 9.59 Å². The van der Waals surface area contributed by atoms with Gasteiger partial charge in [-0.25, -0.2) is 4.98 Å². The van der Waals surface area contributed by atoms with Crippen LogP contribution in [0.15, 0.2) is 59.7 Å². The Hall–Kier alpha value is -2.90. The normalized spacial score (nSPS) is 14.8. The van der Waals surface area contributed by atoms with E-state index in [0.717, 1.165) is 25.4 Å². The summed E-state index contributed by atoms with van der Waals surface area (Å²) in [6, 6.07) is 14.5. The average Bonchev–Trinajstić information content (AvgIpc) is 2.78. The second-order valence-electron chi connectivity index (χ2n) is 7.22. The van der Waals surface area contributed by atoms with Gasteiger partial charge in [-0.2, -0.15) is 0 Å². The SMILES string of the molecule is O=C(Cn1cnc2ccccc2c1=O)N1CCN(CCOc2ccc(Cl)cc2)CC1. The molecular formula is C22H23ClN4O3. The van der Waals surface area contributed by atoms with E-state index in [-0.39, 0.29) is 18.0 Å². The maximum absolute atomic E-state index is 12.7. The molecule has 0 atom stereocenters. The summed E-state index contributed by atoms with van der Waals surface area (Å²) in [5.41, 5.74) is 0.451. The lowest BCUT2D eigenvalue weighted by Crippen LogP contribution is -2.50. The Balaban J connectivity index is 1.26. The van der Waals surface area contributed by atoms with Crippen molar-refractivity contribution in [3.8, 4) is 5.75 Å². The van der Waals surface area contributed by atoms with Gasteiger partial charge >= 0.3 is 0 Å². The van der Waals surface area contributed by atoms with Crippen molar-refractivity contribution < 1.29 is 9.53 Å². The van der Waals surface area contributed by atoms with Crippen LogP contribution >= 0.6 is 11.6 Å². The third-order valence-corrected chi connectivity index (χ3v) is 5.50. The zero-order valence-electron chi connectivity index (χ0n) is 16.5. The second kappa shape index (κ2) is 9.28. The molecule has 0 unspecified atom stereocenters. The first-order valence-electron chi connectivity index (χ1n) is 9.93. The lowest BCUT2D eigenvalue weighted by atomic mass is 10.2. The number of ether oxygens (including phenoxy) is 1. The van der Waals surface area contributed by atoms with Crippen molar-refractivity contribution in [1.82, 2.24) is 19.4 Å². The van der Waals surface area contributed by atoms with Gasteiger partial charge in [-0.15, -0.1) is 0 Å². The number of rotatable bonds is 6. The van der Waals surface area contributed by atoms with Crippen LogP contribution in [0.2, 0.25) is 5.02 Å². The summed E-state index contributed by atoms with van der Waals surface area (Å²) in [5.74, 6) is 0.730. The molecule has 156 valence electrons. The fraction of sp³-hybridized carbons (Fsp3) is 0.318. The van der Waals surface area contributed by atoms with Crippen LogP contribution in [-0.4, -0.2) is 64.6 Å². The maximum Gasteiger partial charge on any atom is 0.261 e. The minimum absolute atomic E-state index is 0.0103. The van der Waals surface area contributed by atoms with Crippen molar-refractivity contribution in [1.29, 1.82) is 0 Å². The summed E-state index contributed by atoms with van der Waals surface area (Å²) >= 11 is 5.87. The Morgan fingerprint density at radius 1 is 1.03 bits per heavy atom. The van der Waals surface area contributed by atoms with Crippen molar-refractivity contribution in [3.63, 3.8) is 0 Å². The van der Waals surface area contributed by atoms with Crippen molar-refractivity contribution in [2.75, 3.05) is 39.3 Å². The van der Waals surface area contributed by atoms with Crippen LogP contribution in [0.25, 0.3) is 10.9 Å². The highest BCUT2D eigenvalue weighted by molar-refractivity contribution is 6.30. The molecule has 0 radical (unpaired) electrons. The van der Waals surface area contributed by atoms with Gasteiger partial charge in [0.25, 0.3) is 5.56 Å². The summed E-state index contributed by atoms with van der Waals surface area (Å²) < 4.78 is 7.13. The van der Waals surface area contributed by atoms with Gasteiger partial charge in [0.1, 0.15) is 18.9 Å². The number of fused-ring (bicyclic) bond motifs is 1. The number of carbonyl (C=O) groups excluding carboxylic acids is 1. The molecule has 2 aromatic carbocycles. The largest absolute Gasteiger partial charge is 0.492 e. The molecule has 3 aromatic rings. The number of carbonyl (C=O) groups is 1. The minimum atomic E-state index is -0.188. The smallest absolute Gasteiger partial charge is 0.261 e. The Kier molecular flexibility index (Phi) is 6.30. The van der Waals surface area contributed by atoms with Crippen LogP contribution in [-0.2, 0) is 11.3 Å². The lowest BCUT2D eigenvalue weighted by Gasteiger charge is -2.34. The van der Waals surface area contributed by atoms with Gasteiger partial charge in [0.2, 0.25) is 5.91 Å². The molecule has 1 fully saturated rings. The Morgan fingerprint density at radius 3 is 2.53 bits per heavy atom. The number of hydrogen-bond donors (Lipinski definition) is 0. The standard InChI is InChI=1S/C22H23ClN4O3/c23-17-5-7-18(8-6-17)30-14-13-25-9-11-26(12-10-25)21(28)15-27-16-24-20-4-2-1-3-19(20)22(27)29/h1-8,16H,9-15H2. The van der Waals surface area contributed by atoms with Crippen molar-refractivity contribution in [3.05, 3.63) is 70.2 Å². The lowest BCUT2D eigenvalue weighted by molar-refractivity contribution is -0.133.